The van der Waals surface area contributed by atoms with Crippen molar-refractivity contribution in [1.82, 2.24) is 0 Å². The van der Waals surface area contributed by atoms with Gasteiger partial charge < -0.3 is 5.32 Å². The molecule has 0 amide bonds. The van der Waals surface area contributed by atoms with E-state index >= 15 is 0 Å². The van der Waals surface area contributed by atoms with Crippen LogP contribution < -0.4 is 5.32 Å². The summed E-state index contributed by atoms with van der Waals surface area (Å²) >= 11 is 17.9. The molecule has 0 spiro atoms. The van der Waals surface area contributed by atoms with Crippen LogP contribution in [0, 0.1) is 6.92 Å². The lowest BCUT2D eigenvalue weighted by Gasteiger charge is -2.10. The van der Waals surface area contributed by atoms with Crippen LogP contribution in [0.3, 0.4) is 0 Å². The minimum atomic E-state index is 0.641. The summed E-state index contributed by atoms with van der Waals surface area (Å²) in [6.07, 6.45) is 0. The molecule has 18 heavy (non-hydrogen) atoms. The van der Waals surface area contributed by atoms with Gasteiger partial charge in [-0.15, -0.1) is 0 Å². The van der Waals surface area contributed by atoms with Crippen LogP contribution >= 0.6 is 34.8 Å². The highest BCUT2D eigenvalue weighted by Gasteiger charge is 2.01. The summed E-state index contributed by atoms with van der Waals surface area (Å²) in [4.78, 5) is 0. The normalized spacial score (nSPS) is 10.4. The summed E-state index contributed by atoms with van der Waals surface area (Å²) in [5.41, 5.74) is 3.19. The van der Waals surface area contributed by atoms with E-state index in [-0.39, 0.29) is 0 Å². The van der Waals surface area contributed by atoms with Crippen LogP contribution in [0.5, 0.6) is 0 Å². The first-order chi connectivity index (χ1) is 8.54. The van der Waals surface area contributed by atoms with E-state index in [1.165, 1.54) is 0 Å². The Labute approximate surface area is 122 Å². The predicted octanol–water partition coefficient (Wildman–Crippen LogP) is 5.57. The van der Waals surface area contributed by atoms with Crippen molar-refractivity contribution in [2.75, 3.05) is 5.32 Å². The summed E-state index contributed by atoms with van der Waals surface area (Å²) in [5, 5.41) is 5.32. The van der Waals surface area contributed by atoms with Crippen LogP contribution in [0.1, 0.15) is 11.1 Å². The van der Waals surface area contributed by atoms with Gasteiger partial charge in [0.1, 0.15) is 0 Å². The number of anilines is 1. The number of halogens is 3. The molecule has 0 aliphatic rings. The van der Waals surface area contributed by atoms with Crippen molar-refractivity contribution < 1.29 is 0 Å². The molecular weight excluding hydrogens is 289 g/mol. The van der Waals surface area contributed by atoms with Crippen molar-refractivity contribution in [1.29, 1.82) is 0 Å². The van der Waals surface area contributed by atoms with Gasteiger partial charge in [-0.1, -0.05) is 40.9 Å². The lowest BCUT2D eigenvalue weighted by atomic mass is 10.2. The third kappa shape index (κ3) is 3.55. The molecule has 0 fully saturated rings. The van der Waals surface area contributed by atoms with E-state index in [9.17, 15) is 0 Å². The van der Waals surface area contributed by atoms with Gasteiger partial charge in [0, 0.05) is 27.3 Å². The second-order valence-electron chi connectivity index (χ2n) is 4.09. The topological polar surface area (TPSA) is 12.0 Å². The molecule has 2 rings (SSSR count). The summed E-state index contributed by atoms with van der Waals surface area (Å²) in [6.45, 7) is 2.69. The molecule has 0 radical (unpaired) electrons. The fraction of sp³-hybridized carbons (Fsp3) is 0.143. The summed E-state index contributed by atoms with van der Waals surface area (Å²) in [5.74, 6) is 0. The van der Waals surface area contributed by atoms with Crippen LogP contribution in [0.25, 0.3) is 0 Å². The first-order valence-corrected chi connectivity index (χ1v) is 6.63. The third-order valence-electron chi connectivity index (χ3n) is 2.60. The molecule has 0 aliphatic carbocycles. The van der Waals surface area contributed by atoms with Crippen LogP contribution in [-0.2, 0) is 6.54 Å². The molecule has 2 aromatic rings. The fourth-order valence-corrected chi connectivity index (χ4v) is 2.44. The molecule has 94 valence electrons. The predicted molar refractivity (Wildman–Crippen MR) is 80.0 cm³/mol. The molecule has 0 atom stereocenters. The zero-order valence-corrected chi connectivity index (χ0v) is 12.1. The highest BCUT2D eigenvalue weighted by atomic mass is 35.5. The Morgan fingerprint density at radius 2 is 1.56 bits per heavy atom. The molecule has 2 aromatic carbocycles. The van der Waals surface area contributed by atoms with Gasteiger partial charge in [-0.3, -0.25) is 0 Å². The SMILES string of the molecule is Cc1ccc(Cl)cc1NCc1cc(Cl)cc(Cl)c1. The zero-order valence-electron chi connectivity index (χ0n) is 9.81. The molecule has 0 heterocycles. The number of benzene rings is 2. The monoisotopic (exact) mass is 299 g/mol. The van der Waals surface area contributed by atoms with Gasteiger partial charge in [-0.25, -0.2) is 0 Å². The quantitative estimate of drug-likeness (QED) is 0.781. The molecular formula is C14H12Cl3N. The highest BCUT2D eigenvalue weighted by molar-refractivity contribution is 6.34. The standard InChI is InChI=1S/C14H12Cl3N/c1-9-2-3-11(15)7-14(9)18-8-10-4-12(16)6-13(17)5-10/h2-7,18H,8H2,1H3. The minimum absolute atomic E-state index is 0.641. The third-order valence-corrected chi connectivity index (χ3v) is 3.28. The van der Waals surface area contributed by atoms with Gasteiger partial charge in [0.2, 0.25) is 0 Å². The van der Waals surface area contributed by atoms with Crippen LogP contribution in [0.2, 0.25) is 15.1 Å². The van der Waals surface area contributed by atoms with E-state index in [0.717, 1.165) is 16.8 Å². The molecule has 1 N–H and O–H groups in total. The van der Waals surface area contributed by atoms with E-state index in [2.05, 4.69) is 5.32 Å². The summed E-state index contributed by atoms with van der Waals surface area (Å²) in [6, 6.07) is 11.3. The first kappa shape index (κ1) is 13.5. The Morgan fingerprint density at radius 1 is 0.889 bits per heavy atom. The van der Waals surface area contributed by atoms with Gasteiger partial charge in [0.05, 0.1) is 0 Å². The maximum atomic E-state index is 5.97. The van der Waals surface area contributed by atoms with Crippen LogP contribution in [0.15, 0.2) is 36.4 Å². The Hall–Kier alpha value is -0.890. The largest absolute Gasteiger partial charge is 0.381 e. The van der Waals surface area contributed by atoms with Crippen LogP contribution in [-0.4, -0.2) is 0 Å². The molecule has 0 saturated heterocycles. The van der Waals surface area contributed by atoms with Gasteiger partial charge >= 0.3 is 0 Å². The van der Waals surface area contributed by atoms with E-state index in [4.69, 9.17) is 34.8 Å². The smallest absolute Gasteiger partial charge is 0.0426 e. The molecule has 0 bridgehead atoms. The van der Waals surface area contributed by atoms with E-state index < -0.39 is 0 Å². The molecule has 1 nitrogen and oxygen atoms in total. The molecule has 0 saturated carbocycles. The highest BCUT2D eigenvalue weighted by Crippen LogP contribution is 2.23. The Morgan fingerprint density at radius 3 is 2.22 bits per heavy atom. The van der Waals surface area contributed by atoms with Gasteiger partial charge in [-0.05, 0) is 48.4 Å². The minimum Gasteiger partial charge on any atom is -0.381 e. The van der Waals surface area contributed by atoms with E-state index in [1.54, 1.807) is 6.07 Å². The first-order valence-electron chi connectivity index (χ1n) is 5.49. The van der Waals surface area contributed by atoms with Crippen molar-refractivity contribution in [2.45, 2.75) is 13.5 Å². The van der Waals surface area contributed by atoms with Crippen molar-refractivity contribution in [2.24, 2.45) is 0 Å². The number of nitrogens with one attached hydrogen (secondary N) is 1. The average Bonchev–Trinajstić information content (AvgIpc) is 2.29. The number of hydrogen-bond acceptors (Lipinski definition) is 1. The lowest BCUT2D eigenvalue weighted by Crippen LogP contribution is -2.01. The summed E-state index contributed by atoms with van der Waals surface area (Å²) < 4.78 is 0. The van der Waals surface area contributed by atoms with E-state index in [0.29, 0.717) is 21.6 Å². The van der Waals surface area contributed by atoms with Crippen LogP contribution in [0.4, 0.5) is 5.69 Å². The molecule has 0 unspecified atom stereocenters. The second kappa shape index (κ2) is 5.83. The number of hydrogen-bond donors (Lipinski definition) is 1. The summed E-state index contributed by atoms with van der Waals surface area (Å²) in [7, 11) is 0. The zero-order chi connectivity index (χ0) is 13.1. The molecule has 0 aliphatic heterocycles. The second-order valence-corrected chi connectivity index (χ2v) is 5.40. The van der Waals surface area contributed by atoms with Crippen molar-refractivity contribution in [3.63, 3.8) is 0 Å². The average molecular weight is 301 g/mol. The molecule has 4 heteroatoms. The lowest BCUT2D eigenvalue weighted by molar-refractivity contribution is 1.14. The fourth-order valence-electron chi connectivity index (χ4n) is 1.69. The Balaban J connectivity index is 2.13. The number of rotatable bonds is 3. The maximum Gasteiger partial charge on any atom is 0.0426 e. The van der Waals surface area contributed by atoms with Crippen molar-refractivity contribution >= 4 is 40.5 Å². The Kier molecular flexibility index (Phi) is 4.39. The van der Waals surface area contributed by atoms with Gasteiger partial charge in [0.25, 0.3) is 0 Å². The molecule has 0 aromatic heterocycles. The van der Waals surface area contributed by atoms with Crippen molar-refractivity contribution in [3.8, 4) is 0 Å². The van der Waals surface area contributed by atoms with Gasteiger partial charge in [-0.2, -0.15) is 0 Å². The number of aryl methyl sites for hydroxylation is 1. The maximum absolute atomic E-state index is 5.97. The van der Waals surface area contributed by atoms with Gasteiger partial charge in [0.15, 0.2) is 0 Å². The Bertz CT molecular complexity index is 547. The van der Waals surface area contributed by atoms with E-state index in [1.807, 2.05) is 37.3 Å². The van der Waals surface area contributed by atoms with Crippen molar-refractivity contribution in [3.05, 3.63) is 62.6 Å².